The lowest BCUT2D eigenvalue weighted by Crippen LogP contribution is -2.75. The first kappa shape index (κ1) is 20.8. The number of nitrogens with zero attached hydrogens (tertiary/aromatic N) is 4. The molecule has 7 heteroatoms. The van der Waals surface area contributed by atoms with E-state index in [1.54, 1.807) is 11.8 Å². The van der Waals surface area contributed by atoms with Gasteiger partial charge in [-0.25, -0.2) is 0 Å². The molecule has 3 heterocycles. The van der Waals surface area contributed by atoms with Crippen molar-refractivity contribution < 1.29 is 14.3 Å². The summed E-state index contributed by atoms with van der Waals surface area (Å²) in [6.45, 7) is 6.01. The maximum Gasteiger partial charge on any atom is 0.274 e. The van der Waals surface area contributed by atoms with E-state index in [0.717, 1.165) is 38.2 Å². The van der Waals surface area contributed by atoms with Crippen LogP contribution in [-0.4, -0.2) is 83.1 Å². The summed E-state index contributed by atoms with van der Waals surface area (Å²) in [7, 11) is 3.62. The van der Waals surface area contributed by atoms with Crippen LogP contribution in [0, 0.1) is 6.92 Å². The number of aromatic nitrogens is 2. The Morgan fingerprint density at radius 1 is 1.21 bits per heavy atom. The molecule has 1 aromatic heterocycles. The molecule has 7 nitrogen and oxygen atoms in total. The van der Waals surface area contributed by atoms with Gasteiger partial charge >= 0.3 is 0 Å². The number of piperidine rings is 1. The number of rotatable bonds is 6. The summed E-state index contributed by atoms with van der Waals surface area (Å²) in [5.74, 6) is 0.0731. The standard InChI is InChI=1S/C22H36N4O3/c1-17-15-19(23-24(17)2)21(27)25-11-7-18(8-12-25)26-16-20(29-14-13-28-3)22(26)9-5-4-6-10-22/h15,18,20H,4-14,16H2,1-3H3/t20-/m0/s1. The number of carbonyl (C=O) groups is 1. The van der Waals surface area contributed by atoms with Crippen molar-refractivity contribution in [3.8, 4) is 0 Å². The zero-order valence-electron chi connectivity index (χ0n) is 18.2. The van der Waals surface area contributed by atoms with Crippen molar-refractivity contribution in [2.24, 2.45) is 7.05 Å². The van der Waals surface area contributed by atoms with Crippen molar-refractivity contribution in [2.45, 2.75) is 69.6 Å². The average Bonchev–Trinajstić information content (AvgIpc) is 3.09. The number of hydrogen-bond donors (Lipinski definition) is 0. The smallest absolute Gasteiger partial charge is 0.274 e. The summed E-state index contributed by atoms with van der Waals surface area (Å²) in [6.07, 6.45) is 8.88. The van der Waals surface area contributed by atoms with Crippen LogP contribution in [0.5, 0.6) is 0 Å². The highest BCUT2D eigenvalue weighted by molar-refractivity contribution is 5.92. The number of carbonyl (C=O) groups excluding carboxylic acids is 1. The van der Waals surface area contributed by atoms with E-state index in [4.69, 9.17) is 9.47 Å². The fraction of sp³-hybridized carbons (Fsp3) is 0.818. The third kappa shape index (κ3) is 3.97. The van der Waals surface area contributed by atoms with Gasteiger partial charge in [0.2, 0.25) is 0 Å². The van der Waals surface area contributed by atoms with Gasteiger partial charge < -0.3 is 14.4 Å². The van der Waals surface area contributed by atoms with Crippen LogP contribution in [0.25, 0.3) is 0 Å². The SMILES string of the molecule is COCCO[C@H]1CN(C2CCN(C(=O)c3cc(C)n(C)n3)CC2)C12CCCCC2. The Hall–Kier alpha value is -1.44. The monoisotopic (exact) mass is 404 g/mol. The topological polar surface area (TPSA) is 59.8 Å². The number of hydrogen-bond acceptors (Lipinski definition) is 5. The Balaban J connectivity index is 1.35. The lowest BCUT2D eigenvalue weighted by molar-refractivity contribution is -0.203. The number of likely N-dealkylation sites (tertiary alicyclic amines) is 2. The molecule has 2 saturated heterocycles. The highest BCUT2D eigenvalue weighted by atomic mass is 16.5. The molecule has 0 aromatic carbocycles. The zero-order valence-corrected chi connectivity index (χ0v) is 18.2. The second-order valence-corrected chi connectivity index (χ2v) is 8.99. The van der Waals surface area contributed by atoms with Gasteiger partial charge in [-0.1, -0.05) is 19.3 Å². The van der Waals surface area contributed by atoms with E-state index in [1.807, 2.05) is 24.9 Å². The number of amides is 1. The summed E-state index contributed by atoms with van der Waals surface area (Å²) in [5, 5.41) is 4.37. The molecule has 1 saturated carbocycles. The Morgan fingerprint density at radius 3 is 2.55 bits per heavy atom. The minimum Gasteiger partial charge on any atom is -0.382 e. The van der Waals surface area contributed by atoms with Crippen LogP contribution >= 0.6 is 0 Å². The normalized spacial score (nSPS) is 25.3. The molecule has 3 fully saturated rings. The minimum absolute atomic E-state index is 0.0731. The molecule has 162 valence electrons. The molecule has 0 bridgehead atoms. The number of ether oxygens (including phenoxy) is 2. The number of aryl methyl sites for hydroxylation is 2. The van der Waals surface area contributed by atoms with Crippen LogP contribution in [0.4, 0.5) is 0 Å². The molecule has 1 spiro atoms. The van der Waals surface area contributed by atoms with Crippen molar-refractivity contribution in [3.63, 3.8) is 0 Å². The van der Waals surface area contributed by atoms with E-state index in [0.29, 0.717) is 31.1 Å². The highest BCUT2D eigenvalue weighted by Gasteiger charge is 2.56. The summed E-state index contributed by atoms with van der Waals surface area (Å²) < 4.78 is 13.2. The van der Waals surface area contributed by atoms with Gasteiger partial charge in [0, 0.05) is 51.1 Å². The van der Waals surface area contributed by atoms with Crippen LogP contribution in [0.2, 0.25) is 0 Å². The molecule has 1 aliphatic carbocycles. The molecule has 1 aromatic rings. The van der Waals surface area contributed by atoms with E-state index in [1.165, 1.54) is 32.1 Å². The Bertz CT molecular complexity index is 685. The van der Waals surface area contributed by atoms with Crippen molar-refractivity contribution in [3.05, 3.63) is 17.5 Å². The van der Waals surface area contributed by atoms with Crippen LogP contribution in [0.1, 0.15) is 61.1 Å². The molecule has 29 heavy (non-hydrogen) atoms. The summed E-state index contributed by atoms with van der Waals surface area (Å²) in [5.41, 5.74) is 1.81. The van der Waals surface area contributed by atoms with Gasteiger partial charge in [0.25, 0.3) is 5.91 Å². The molecule has 0 unspecified atom stereocenters. The van der Waals surface area contributed by atoms with Crippen molar-refractivity contribution in [2.75, 3.05) is 40.0 Å². The zero-order chi connectivity index (χ0) is 20.4. The predicted octanol–water partition coefficient (Wildman–Crippen LogP) is 2.38. The highest BCUT2D eigenvalue weighted by Crippen LogP contribution is 2.47. The Morgan fingerprint density at radius 2 is 1.93 bits per heavy atom. The number of methoxy groups -OCH3 is 1. The summed E-state index contributed by atoms with van der Waals surface area (Å²) >= 11 is 0. The van der Waals surface area contributed by atoms with E-state index in [-0.39, 0.29) is 11.4 Å². The second-order valence-electron chi connectivity index (χ2n) is 8.99. The maximum absolute atomic E-state index is 12.8. The molecule has 4 rings (SSSR count). The van der Waals surface area contributed by atoms with Crippen molar-refractivity contribution in [1.82, 2.24) is 19.6 Å². The second kappa shape index (κ2) is 8.74. The van der Waals surface area contributed by atoms with Crippen molar-refractivity contribution >= 4 is 5.91 Å². The molecule has 0 radical (unpaired) electrons. The van der Waals surface area contributed by atoms with Gasteiger partial charge in [0.15, 0.2) is 5.69 Å². The average molecular weight is 405 g/mol. The first-order chi connectivity index (χ1) is 14.0. The Kier molecular flexibility index (Phi) is 6.27. The molecular formula is C22H36N4O3. The van der Waals surface area contributed by atoms with E-state index in [2.05, 4.69) is 10.00 Å². The fourth-order valence-electron chi connectivity index (χ4n) is 5.58. The van der Waals surface area contributed by atoms with Crippen LogP contribution in [-0.2, 0) is 16.5 Å². The third-order valence-corrected chi connectivity index (χ3v) is 7.39. The third-order valence-electron chi connectivity index (χ3n) is 7.39. The van der Waals surface area contributed by atoms with Crippen LogP contribution in [0.15, 0.2) is 6.07 Å². The van der Waals surface area contributed by atoms with Gasteiger partial charge in [-0.3, -0.25) is 14.4 Å². The minimum atomic E-state index is 0.0731. The molecule has 0 N–H and O–H groups in total. The molecular weight excluding hydrogens is 368 g/mol. The molecule has 2 aliphatic heterocycles. The largest absolute Gasteiger partial charge is 0.382 e. The lowest BCUT2D eigenvalue weighted by atomic mass is 9.69. The Labute approximate surface area is 174 Å². The van der Waals surface area contributed by atoms with E-state index >= 15 is 0 Å². The first-order valence-corrected chi connectivity index (χ1v) is 11.2. The maximum atomic E-state index is 12.8. The molecule has 1 atom stereocenters. The lowest BCUT2D eigenvalue weighted by Gasteiger charge is -2.63. The van der Waals surface area contributed by atoms with Gasteiger partial charge in [-0.15, -0.1) is 0 Å². The quantitative estimate of drug-likeness (QED) is 0.682. The van der Waals surface area contributed by atoms with Crippen LogP contribution in [0.3, 0.4) is 0 Å². The van der Waals surface area contributed by atoms with Gasteiger partial charge in [-0.2, -0.15) is 5.10 Å². The van der Waals surface area contributed by atoms with Gasteiger partial charge in [0.05, 0.1) is 19.3 Å². The van der Waals surface area contributed by atoms with E-state index < -0.39 is 0 Å². The summed E-state index contributed by atoms with van der Waals surface area (Å²) in [4.78, 5) is 17.5. The van der Waals surface area contributed by atoms with Gasteiger partial charge in [0.1, 0.15) is 0 Å². The predicted molar refractivity (Wildman–Crippen MR) is 111 cm³/mol. The summed E-state index contributed by atoms with van der Waals surface area (Å²) in [6, 6.07) is 2.45. The van der Waals surface area contributed by atoms with Gasteiger partial charge in [-0.05, 0) is 38.7 Å². The van der Waals surface area contributed by atoms with Crippen LogP contribution < -0.4 is 0 Å². The van der Waals surface area contributed by atoms with E-state index in [9.17, 15) is 4.79 Å². The van der Waals surface area contributed by atoms with Crippen molar-refractivity contribution in [1.29, 1.82) is 0 Å². The molecule has 1 amide bonds. The first-order valence-electron chi connectivity index (χ1n) is 11.2. The fourth-order valence-corrected chi connectivity index (χ4v) is 5.58. The molecule has 3 aliphatic rings.